The van der Waals surface area contributed by atoms with Crippen LogP contribution in [0.15, 0.2) is 30.3 Å². The lowest BCUT2D eigenvalue weighted by molar-refractivity contribution is -0.197. The van der Waals surface area contributed by atoms with Crippen LogP contribution in [0.25, 0.3) is 0 Å². The van der Waals surface area contributed by atoms with Crippen molar-refractivity contribution in [1.29, 1.82) is 0 Å². The molecule has 1 saturated heterocycles. The van der Waals surface area contributed by atoms with Crippen molar-refractivity contribution >= 4 is 0 Å². The van der Waals surface area contributed by atoms with Crippen LogP contribution in [0.3, 0.4) is 0 Å². The van der Waals surface area contributed by atoms with Crippen molar-refractivity contribution in [2.45, 2.75) is 31.8 Å². The molecule has 1 heterocycles. The molecule has 18 heavy (non-hydrogen) atoms. The van der Waals surface area contributed by atoms with Crippen molar-refractivity contribution in [2.24, 2.45) is 0 Å². The molecule has 4 heteroatoms. The molecular weight excluding hydrogens is 235 g/mol. The molecule has 2 atom stereocenters. The minimum Gasteiger partial charge on any atom is -0.371 e. The predicted octanol–water partition coefficient (Wildman–Crippen LogP) is 2.69. The topological polar surface area (TPSA) is 27.7 Å². The average molecular weight is 254 g/mol. The molecule has 2 rings (SSSR count). The average Bonchev–Trinajstić information content (AvgIpc) is 2.45. The summed E-state index contributed by atoms with van der Waals surface area (Å²) in [5, 5.41) is 0. The van der Waals surface area contributed by atoms with Gasteiger partial charge in [-0.25, -0.2) is 4.39 Å². The lowest BCUT2D eigenvalue weighted by atomic mass is 10.1. The minimum atomic E-state index is -0.464. The first-order chi connectivity index (χ1) is 8.88. The minimum absolute atomic E-state index is 0.107. The van der Waals surface area contributed by atoms with Crippen LogP contribution in [0.2, 0.25) is 0 Å². The number of hydrogen-bond donors (Lipinski definition) is 0. The molecule has 1 aromatic rings. The molecular formula is C14H19FO3. The molecule has 0 bridgehead atoms. The summed E-state index contributed by atoms with van der Waals surface area (Å²) in [6.45, 7) is 0.767. The van der Waals surface area contributed by atoms with Gasteiger partial charge in [-0.2, -0.15) is 0 Å². The monoisotopic (exact) mass is 254 g/mol. The molecule has 0 N–H and O–H groups in total. The standard InChI is InChI=1S/C14H19FO3/c15-8-9-16-14-7-6-13(11-18-14)17-10-12-4-2-1-3-5-12/h1-5,13-14H,6-11H2/t13-,14+/m1/s1. The van der Waals surface area contributed by atoms with E-state index >= 15 is 0 Å². The van der Waals surface area contributed by atoms with Gasteiger partial charge in [0.25, 0.3) is 0 Å². The fraction of sp³-hybridized carbons (Fsp3) is 0.571. The Balaban J connectivity index is 1.65. The number of rotatable bonds is 6. The van der Waals surface area contributed by atoms with Gasteiger partial charge in [0, 0.05) is 6.42 Å². The van der Waals surface area contributed by atoms with Crippen molar-refractivity contribution in [1.82, 2.24) is 0 Å². The van der Waals surface area contributed by atoms with E-state index in [1.54, 1.807) is 0 Å². The van der Waals surface area contributed by atoms with Gasteiger partial charge in [0.2, 0.25) is 0 Å². The third-order valence-electron chi connectivity index (χ3n) is 2.90. The van der Waals surface area contributed by atoms with E-state index in [0.29, 0.717) is 13.2 Å². The summed E-state index contributed by atoms with van der Waals surface area (Å²) >= 11 is 0. The molecule has 0 unspecified atom stereocenters. The van der Waals surface area contributed by atoms with Gasteiger partial charge in [0.15, 0.2) is 6.29 Å². The van der Waals surface area contributed by atoms with E-state index in [1.165, 1.54) is 0 Å². The lowest BCUT2D eigenvalue weighted by Gasteiger charge is -2.28. The molecule has 0 amide bonds. The van der Waals surface area contributed by atoms with Crippen molar-refractivity contribution in [3.63, 3.8) is 0 Å². The van der Waals surface area contributed by atoms with Crippen LogP contribution < -0.4 is 0 Å². The van der Waals surface area contributed by atoms with Gasteiger partial charge in [0.05, 0.1) is 25.9 Å². The zero-order chi connectivity index (χ0) is 12.6. The Morgan fingerprint density at radius 1 is 1.17 bits per heavy atom. The maximum absolute atomic E-state index is 11.9. The van der Waals surface area contributed by atoms with Crippen LogP contribution in [0.5, 0.6) is 0 Å². The van der Waals surface area contributed by atoms with E-state index in [9.17, 15) is 4.39 Å². The number of alkyl halides is 1. The smallest absolute Gasteiger partial charge is 0.157 e. The summed E-state index contributed by atoms with van der Waals surface area (Å²) in [6.07, 6.45) is 1.50. The summed E-state index contributed by atoms with van der Waals surface area (Å²) in [5.41, 5.74) is 1.16. The van der Waals surface area contributed by atoms with Gasteiger partial charge in [-0.1, -0.05) is 30.3 Å². The van der Waals surface area contributed by atoms with Crippen LogP contribution in [0, 0.1) is 0 Å². The van der Waals surface area contributed by atoms with Crippen LogP contribution in [-0.2, 0) is 20.8 Å². The zero-order valence-corrected chi connectivity index (χ0v) is 10.4. The highest BCUT2D eigenvalue weighted by Gasteiger charge is 2.22. The zero-order valence-electron chi connectivity index (χ0n) is 10.4. The maximum Gasteiger partial charge on any atom is 0.157 e. The first-order valence-corrected chi connectivity index (χ1v) is 6.33. The Kier molecular flexibility index (Phi) is 5.58. The fourth-order valence-corrected chi connectivity index (χ4v) is 1.93. The van der Waals surface area contributed by atoms with Crippen molar-refractivity contribution in [3.05, 3.63) is 35.9 Å². The summed E-state index contributed by atoms with van der Waals surface area (Å²) in [5.74, 6) is 0. The second-order valence-electron chi connectivity index (χ2n) is 4.32. The van der Waals surface area contributed by atoms with Gasteiger partial charge in [0.1, 0.15) is 6.67 Å². The Morgan fingerprint density at radius 2 is 2.00 bits per heavy atom. The molecule has 0 spiro atoms. The highest BCUT2D eigenvalue weighted by atomic mass is 19.1. The van der Waals surface area contributed by atoms with E-state index in [0.717, 1.165) is 18.4 Å². The van der Waals surface area contributed by atoms with Crippen molar-refractivity contribution in [3.8, 4) is 0 Å². The number of halogens is 1. The Morgan fingerprint density at radius 3 is 2.67 bits per heavy atom. The van der Waals surface area contributed by atoms with E-state index in [4.69, 9.17) is 14.2 Å². The third-order valence-corrected chi connectivity index (χ3v) is 2.90. The van der Waals surface area contributed by atoms with Crippen LogP contribution in [0.1, 0.15) is 18.4 Å². The van der Waals surface area contributed by atoms with Gasteiger partial charge < -0.3 is 14.2 Å². The molecule has 1 aromatic carbocycles. The Bertz CT molecular complexity index is 323. The third kappa shape index (κ3) is 4.37. The molecule has 0 saturated carbocycles. The molecule has 1 aliphatic rings. The summed E-state index contributed by atoms with van der Waals surface area (Å²) in [4.78, 5) is 0. The second kappa shape index (κ2) is 7.46. The Hall–Kier alpha value is -0.970. The van der Waals surface area contributed by atoms with Gasteiger partial charge in [-0.3, -0.25) is 0 Å². The first kappa shape index (κ1) is 13.5. The number of benzene rings is 1. The van der Waals surface area contributed by atoms with Gasteiger partial charge >= 0.3 is 0 Å². The molecule has 0 aliphatic carbocycles. The lowest BCUT2D eigenvalue weighted by Crippen LogP contribution is -2.33. The molecule has 0 aromatic heterocycles. The number of hydrogen-bond acceptors (Lipinski definition) is 3. The molecule has 1 aliphatic heterocycles. The van der Waals surface area contributed by atoms with E-state index < -0.39 is 6.67 Å². The van der Waals surface area contributed by atoms with Crippen molar-refractivity contribution in [2.75, 3.05) is 19.9 Å². The first-order valence-electron chi connectivity index (χ1n) is 6.33. The molecule has 0 radical (unpaired) electrons. The molecule has 3 nitrogen and oxygen atoms in total. The van der Waals surface area contributed by atoms with E-state index in [-0.39, 0.29) is 19.0 Å². The summed E-state index contributed by atoms with van der Waals surface area (Å²) in [7, 11) is 0. The van der Waals surface area contributed by atoms with Crippen LogP contribution in [0.4, 0.5) is 4.39 Å². The number of ether oxygens (including phenoxy) is 3. The van der Waals surface area contributed by atoms with Gasteiger partial charge in [-0.15, -0.1) is 0 Å². The highest BCUT2D eigenvalue weighted by molar-refractivity contribution is 5.13. The summed E-state index contributed by atoms with van der Waals surface area (Å²) in [6, 6.07) is 10.1. The van der Waals surface area contributed by atoms with Gasteiger partial charge in [-0.05, 0) is 12.0 Å². The van der Waals surface area contributed by atoms with Crippen LogP contribution >= 0.6 is 0 Å². The van der Waals surface area contributed by atoms with E-state index in [2.05, 4.69) is 0 Å². The maximum atomic E-state index is 11.9. The summed E-state index contributed by atoms with van der Waals surface area (Å²) < 4.78 is 28.4. The van der Waals surface area contributed by atoms with Crippen LogP contribution in [-0.4, -0.2) is 32.3 Å². The fourth-order valence-electron chi connectivity index (χ4n) is 1.93. The predicted molar refractivity (Wildman–Crippen MR) is 65.9 cm³/mol. The Labute approximate surface area is 107 Å². The SMILES string of the molecule is FCCO[C@@H]1CC[C@@H](OCc2ccccc2)CO1. The molecule has 100 valence electrons. The quantitative estimate of drug-likeness (QED) is 0.781. The largest absolute Gasteiger partial charge is 0.371 e. The van der Waals surface area contributed by atoms with Crippen molar-refractivity contribution < 1.29 is 18.6 Å². The molecule has 1 fully saturated rings. The normalized spacial score (nSPS) is 24.1. The van der Waals surface area contributed by atoms with E-state index in [1.807, 2.05) is 30.3 Å². The highest BCUT2D eigenvalue weighted by Crippen LogP contribution is 2.18. The second-order valence-corrected chi connectivity index (χ2v) is 4.32.